The first-order valence-electron chi connectivity index (χ1n) is 22.1. The molecule has 2 aromatic heterocycles. The normalized spacial score (nSPS) is 11.6. The van der Waals surface area contributed by atoms with Gasteiger partial charge in [0.2, 0.25) is 11.8 Å². The number of hydrogen-bond acceptors (Lipinski definition) is 6. The van der Waals surface area contributed by atoms with Crippen LogP contribution in [0.4, 0.5) is 34.1 Å². The molecule has 0 atom stereocenters. The summed E-state index contributed by atoms with van der Waals surface area (Å²) >= 11 is 0. The van der Waals surface area contributed by atoms with Gasteiger partial charge in [-0.25, -0.2) is 9.97 Å². The maximum atomic E-state index is 6.41. The van der Waals surface area contributed by atoms with Crippen LogP contribution in [0.3, 0.4) is 0 Å². The van der Waals surface area contributed by atoms with E-state index in [1.165, 1.54) is 21.5 Å². The van der Waals surface area contributed by atoms with Crippen LogP contribution in [0.1, 0.15) is 0 Å². The number of aromatic nitrogens is 2. The van der Waals surface area contributed by atoms with E-state index in [4.69, 9.17) is 18.8 Å². The molecule has 0 amide bonds. The number of anilines is 6. The van der Waals surface area contributed by atoms with Gasteiger partial charge in [0.25, 0.3) is 0 Å². The minimum Gasteiger partial charge on any atom is -0.436 e. The minimum atomic E-state index is 0.605. The van der Waals surface area contributed by atoms with Gasteiger partial charge in [-0.3, -0.25) is 0 Å². The zero-order valence-electron chi connectivity index (χ0n) is 35.5. The summed E-state index contributed by atoms with van der Waals surface area (Å²) in [6.07, 6.45) is 0. The zero-order chi connectivity index (χ0) is 43.6. The molecule has 0 unspecified atom stereocenters. The molecule has 11 aromatic carbocycles. The molecule has 0 radical (unpaired) electrons. The van der Waals surface area contributed by atoms with E-state index >= 15 is 0 Å². The molecule has 13 aromatic rings. The third-order valence-corrected chi connectivity index (χ3v) is 12.6. The number of fused-ring (bicyclic) bond motifs is 7. The second-order valence-corrected chi connectivity index (χ2v) is 16.6. The van der Waals surface area contributed by atoms with Crippen molar-refractivity contribution < 1.29 is 8.83 Å². The van der Waals surface area contributed by atoms with Crippen LogP contribution in [0.15, 0.2) is 239 Å². The Kier molecular flexibility index (Phi) is 8.74. The second kappa shape index (κ2) is 15.4. The van der Waals surface area contributed by atoms with E-state index in [0.29, 0.717) is 11.8 Å². The Morgan fingerprint density at radius 3 is 1.15 bits per heavy atom. The average Bonchev–Trinajstić information content (AvgIpc) is 4.02. The van der Waals surface area contributed by atoms with Crippen LogP contribution < -0.4 is 9.80 Å². The Labute approximate surface area is 379 Å². The van der Waals surface area contributed by atoms with Crippen LogP contribution in [0.2, 0.25) is 0 Å². The molecule has 13 rings (SSSR count). The molecule has 0 spiro atoms. The Hall–Kier alpha value is -9.00. The van der Waals surface area contributed by atoms with Crippen LogP contribution in [-0.2, 0) is 0 Å². The van der Waals surface area contributed by atoms with Crippen LogP contribution in [0.5, 0.6) is 0 Å². The number of benzene rings is 11. The summed E-state index contributed by atoms with van der Waals surface area (Å²) in [5.41, 5.74) is 11.2. The molecule has 0 saturated heterocycles. The summed E-state index contributed by atoms with van der Waals surface area (Å²) in [5.74, 6) is 1.21. The third-order valence-electron chi connectivity index (χ3n) is 12.6. The summed E-state index contributed by atoms with van der Waals surface area (Å²) in [5, 5.41) is 9.28. The number of hydrogen-bond donors (Lipinski definition) is 0. The van der Waals surface area contributed by atoms with E-state index in [9.17, 15) is 0 Å². The topological polar surface area (TPSA) is 58.5 Å². The standard InChI is InChI=1S/C60H38N4O2/c1-3-15-41(16-4-1)59-61-53-33-29-47(37-57(53)65-59)63(55-23-11-19-39-13-7-9-21-51(39)55)45-27-31-49-43(35-45)25-26-44-36-46(28-32-50(44)49)64(56-24-12-20-40-14-8-10-22-52(40)56)48-30-34-54-58(38-48)66-60(62-54)42-17-5-2-6-18-42/h1-38H. The largest absolute Gasteiger partial charge is 0.436 e. The van der Waals surface area contributed by atoms with E-state index in [0.717, 1.165) is 89.0 Å². The lowest BCUT2D eigenvalue weighted by Gasteiger charge is -2.28. The Morgan fingerprint density at radius 1 is 0.288 bits per heavy atom. The van der Waals surface area contributed by atoms with Crippen LogP contribution >= 0.6 is 0 Å². The molecule has 66 heavy (non-hydrogen) atoms. The number of oxazole rings is 2. The Balaban J connectivity index is 0.933. The van der Waals surface area contributed by atoms with Crippen molar-refractivity contribution in [1.82, 2.24) is 9.97 Å². The van der Waals surface area contributed by atoms with Gasteiger partial charge in [-0.05, 0) is 117 Å². The summed E-state index contributed by atoms with van der Waals surface area (Å²) in [6, 6.07) is 80.8. The molecule has 310 valence electrons. The Morgan fingerprint density at radius 2 is 0.682 bits per heavy atom. The van der Waals surface area contributed by atoms with Gasteiger partial charge in [0, 0.05) is 45.4 Å². The van der Waals surface area contributed by atoms with E-state index < -0.39 is 0 Å². The first-order chi connectivity index (χ1) is 32.7. The molecule has 6 nitrogen and oxygen atoms in total. The molecular formula is C60H38N4O2. The molecule has 0 fully saturated rings. The monoisotopic (exact) mass is 846 g/mol. The molecule has 0 N–H and O–H groups in total. The average molecular weight is 847 g/mol. The second-order valence-electron chi connectivity index (χ2n) is 16.6. The highest BCUT2D eigenvalue weighted by molar-refractivity contribution is 6.11. The number of nitrogens with zero attached hydrogens (tertiary/aromatic N) is 4. The van der Waals surface area contributed by atoms with Gasteiger partial charge in [0.05, 0.1) is 22.7 Å². The molecular weight excluding hydrogens is 809 g/mol. The number of rotatable bonds is 8. The van der Waals surface area contributed by atoms with E-state index in [2.05, 4.69) is 180 Å². The van der Waals surface area contributed by atoms with Gasteiger partial charge in [-0.15, -0.1) is 0 Å². The summed E-state index contributed by atoms with van der Waals surface area (Å²) in [6.45, 7) is 0. The highest BCUT2D eigenvalue weighted by atomic mass is 16.4. The van der Waals surface area contributed by atoms with Gasteiger partial charge >= 0.3 is 0 Å². The van der Waals surface area contributed by atoms with Crippen molar-refractivity contribution in [2.75, 3.05) is 9.80 Å². The first-order valence-corrected chi connectivity index (χ1v) is 22.1. The quantitative estimate of drug-likeness (QED) is 0.142. The predicted octanol–water partition coefficient (Wildman–Crippen LogP) is 16.9. The maximum absolute atomic E-state index is 6.41. The molecule has 0 saturated carbocycles. The van der Waals surface area contributed by atoms with Gasteiger partial charge < -0.3 is 18.6 Å². The van der Waals surface area contributed by atoms with Gasteiger partial charge in [-0.1, -0.05) is 133 Å². The fourth-order valence-corrected chi connectivity index (χ4v) is 9.50. The minimum absolute atomic E-state index is 0.605. The van der Waals surface area contributed by atoms with E-state index in [1.807, 2.05) is 60.7 Å². The van der Waals surface area contributed by atoms with Gasteiger partial charge in [0.1, 0.15) is 11.0 Å². The van der Waals surface area contributed by atoms with Crippen molar-refractivity contribution in [2.24, 2.45) is 0 Å². The third kappa shape index (κ3) is 6.42. The van der Waals surface area contributed by atoms with Crippen LogP contribution in [-0.4, -0.2) is 9.97 Å². The van der Waals surface area contributed by atoms with Gasteiger partial charge in [0.15, 0.2) is 11.2 Å². The lowest BCUT2D eigenvalue weighted by Crippen LogP contribution is -2.10. The van der Waals surface area contributed by atoms with Crippen LogP contribution in [0, 0.1) is 0 Å². The maximum Gasteiger partial charge on any atom is 0.227 e. The predicted molar refractivity (Wildman–Crippen MR) is 272 cm³/mol. The zero-order valence-corrected chi connectivity index (χ0v) is 35.5. The smallest absolute Gasteiger partial charge is 0.227 e. The molecule has 0 aliphatic rings. The summed E-state index contributed by atoms with van der Waals surface area (Å²) < 4.78 is 12.8. The fraction of sp³-hybridized carbons (Fsp3) is 0. The van der Waals surface area contributed by atoms with Crippen LogP contribution in [0.25, 0.3) is 88.2 Å². The molecule has 0 aliphatic carbocycles. The lowest BCUT2D eigenvalue weighted by molar-refractivity contribution is 0.619. The lowest BCUT2D eigenvalue weighted by atomic mass is 9.99. The van der Waals surface area contributed by atoms with Crippen molar-refractivity contribution in [3.63, 3.8) is 0 Å². The van der Waals surface area contributed by atoms with Crippen molar-refractivity contribution in [3.05, 3.63) is 231 Å². The molecule has 0 bridgehead atoms. The SMILES string of the molecule is c1ccc(-c2nc3ccc(N(c4ccc5c(ccc6cc(N(c7ccc8nc(-c9ccccc9)oc8c7)c7cccc8ccccc78)ccc65)c4)c4cccc5ccccc45)cc3o2)cc1. The molecule has 0 aliphatic heterocycles. The van der Waals surface area contributed by atoms with Crippen molar-refractivity contribution in [3.8, 4) is 22.9 Å². The highest BCUT2D eigenvalue weighted by Crippen LogP contribution is 2.44. The van der Waals surface area contributed by atoms with E-state index in [1.54, 1.807) is 0 Å². The molecule has 6 heteroatoms. The first kappa shape index (κ1) is 37.5. The fourth-order valence-electron chi connectivity index (χ4n) is 9.50. The highest BCUT2D eigenvalue weighted by Gasteiger charge is 2.21. The van der Waals surface area contributed by atoms with Crippen molar-refractivity contribution in [1.29, 1.82) is 0 Å². The van der Waals surface area contributed by atoms with Crippen molar-refractivity contribution in [2.45, 2.75) is 0 Å². The Bertz CT molecular complexity index is 3700. The molecule has 2 heterocycles. The van der Waals surface area contributed by atoms with Gasteiger partial charge in [-0.2, -0.15) is 0 Å². The van der Waals surface area contributed by atoms with E-state index in [-0.39, 0.29) is 0 Å². The summed E-state index contributed by atoms with van der Waals surface area (Å²) in [4.78, 5) is 14.3. The van der Waals surface area contributed by atoms with Crippen molar-refractivity contribution >= 4 is 99.4 Å². The summed E-state index contributed by atoms with van der Waals surface area (Å²) in [7, 11) is 0.